The first-order valence-electron chi connectivity index (χ1n) is 17.7. The number of aryl methyl sites for hydroxylation is 2. The van der Waals surface area contributed by atoms with E-state index in [1.807, 2.05) is 0 Å². The molecule has 4 aromatic carbocycles. The molecule has 46 heavy (non-hydrogen) atoms. The molecule has 1 heteroatoms. The molecule has 0 nitrogen and oxygen atoms in total. The third kappa shape index (κ3) is 4.66. The molecule has 240 valence electrons. The Morgan fingerprint density at radius 2 is 0.891 bits per heavy atom. The van der Waals surface area contributed by atoms with Gasteiger partial charge in [-0.3, -0.25) is 0 Å². The number of fused-ring (bicyclic) bond motifs is 2. The zero-order chi connectivity index (χ0) is 33.3. The van der Waals surface area contributed by atoms with E-state index in [4.69, 9.17) is 4.26 Å². The van der Waals surface area contributed by atoms with Crippen LogP contribution in [0.2, 0.25) is 17.7 Å². The van der Waals surface area contributed by atoms with Crippen molar-refractivity contribution in [2.24, 2.45) is 11.8 Å². The SMILES string of the molecule is [CH2]=[Hf]([CH3])([CH3])([CH2]C(C)C)([CH2]C(C)C)([CH]1C=Cc2c(-c3cccc(C)c3C)cccc21)[CH]1C=Cc2c(-c3cccc(C)c3C)cccc21. The van der Waals surface area contributed by atoms with Gasteiger partial charge in [0.05, 0.1) is 0 Å². The van der Waals surface area contributed by atoms with Gasteiger partial charge in [0.2, 0.25) is 0 Å². The fraction of sp³-hybridized carbons (Fsp3) is 0.356. The van der Waals surface area contributed by atoms with E-state index in [1.54, 1.807) is 0 Å². The second kappa shape index (κ2) is 10.1. The van der Waals surface area contributed by atoms with Crippen LogP contribution in [0.1, 0.15) is 79.6 Å². The van der Waals surface area contributed by atoms with Gasteiger partial charge in [-0.15, -0.1) is 0 Å². The summed E-state index contributed by atoms with van der Waals surface area (Å²) in [4.78, 5) is 0. The quantitative estimate of drug-likeness (QED) is 0.156. The van der Waals surface area contributed by atoms with Crippen molar-refractivity contribution in [3.8, 4) is 22.3 Å². The minimum atomic E-state index is -5.47. The van der Waals surface area contributed by atoms with E-state index in [2.05, 4.69) is 162 Å². The minimum absolute atomic E-state index is 0.291. The van der Waals surface area contributed by atoms with Gasteiger partial charge in [-0.05, 0) is 0 Å². The van der Waals surface area contributed by atoms with Gasteiger partial charge in [-0.2, -0.15) is 0 Å². The van der Waals surface area contributed by atoms with Crippen LogP contribution in [0, 0.1) is 39.5 Å². The van der Waals surface area contributed by atoms with Crippen LogP contribution < -0.4 is 0 Å². The predicted octanol–water partition coefficient (Wildman–Crippen LogP) is 13.5. The molecule has 6 rings (SSSR count). The van der Waals surface area contributed by atoms with Gasteiger partial charge in [0.25, 0.3) is 0 Å². The Hall–Kier alpha value is -2.90. The van der Waals surface area contributed by atoms with E-state index in [9.17, 15) is 0 Å². The summed E-state index contributed by atoms with van der Waals surface area (Å²) in [5, 5.41) is 0. The standard InChI is InChI=1S/2C17H15.2C4H9.2CH3.CH2.Hf/c2*1-12-6-3-9-15(13(12)2)17-11-5-8-14-7-4-10-16(14)17;2*1-4(2)3;;;;/h2*3-11H,1-2H3;2*4H,1H2,2-3H3;2*1H3;1H2;. The molecular formula is C45H56Hf. The molecule has 0 saturated heterocycles. The molecule has 0 saturated carbocycles. The Kier molecular flexibility index (Phi) is 7.22. The molecule has 2 atom stereocenters. The van der Waals surface area contributed by atoms with E-state index in [0.29, 0.717) is 19.2 Å². The third-order valence-electron chi connectivity index (χ3n) is 13.3. The van der Waals surface area contributed by atoms with Crippen molar-refractivity contribution in [1.29, 1.82) is 0 Å². The summed E-state index contributed by atoms with van der Waals surface area (Å²) >= 11 is -5.47. The number of allylic oxidation sites excluding steroid dienone is 2. The molecule has 0 radical (unpaired) electrons. The average molecular weight is 775 g/mol. The summed E-state index contributed by atoms with van der Waals surface area (Å²) in [5.74, 6) is 1.05. The van der Waals surface area contributed by atoms with Gasteiger partial charge < -0.3 is 0 Å². The molecule has 0 fully saturated rings. The molecule has 2 unspecified atom stereocenters. The van der Waals surface area contributed by atoms with Crippen molar-refractivity contribution in [2.45, 2.75) is 80.5 Å². The first-order valence-corrected chi connectivity index (χ1v) is 36.7. The van der Waals surface area contributed by atoms with Crippen molar-refractivity contribution in [3.05, 3.63) is 129 Å². The summed E-state index contributed by atoms with van der Waals surface area (Å²) < 4.78 is 14.5. The monoisotopic (exact) mass is 776 g/mol. The molecule has 0 bridgehead atoms. The van der Waals surface area contributed by atoms with Gasteiger partial charge in [0.15, 0.2) is 0 Å². The molecule has 2 aliphatic rings. The second-order valence-corrected chi connectivity index (χ2v) is 68.8. The zero-order valence-corrected chi connectivity index (χ0v) is 33.8. The predicted molar refractivity (Wildman–Crippen MR) is 204 cm³/mol. The van der Waals surface area contributed by atoms with Crippen LogP contribution in [-0.4, -0.2) is 4.26 Å². The summed E-state index contributed by atoms with van der Waals surface area (Å²) in [7, 11) is 0. The Bertz CT molecular complexity index is 1940. The number of hydrogen-bond donors (Lipinski definition) is 0. The topological polar surface area (TPSA) is 0 Å². The molecule has 0 heterocycles. The van der Waals surface area contributed by atoms with E-state index in [1.165, 1.54) is 75.1 Å². The third-order valence-corrected chi connectivity index (χ3v) is 57.1. The van der Waals surface area contributed by atoms with Crippen molar-refractivity contribution in [2.75, 3.05) is 0 Å². The first-order chi connectivity index (χ1) is 21.4. The van der Waals surface area contributed by atoms with E-state index in [0.717, 1.165) is 0 Å². The Morgan fingerprint density at radius 3 is 1.26 bits per heavy atom. The number of benzene rings is 4. The average Bonchev–Trinajstić information content (AvgIpc) is 3.62. The summed E-state index contributed by atoms with van der Waals surface area (Å²) in [6, 6.07) is 27.8. The van der Waals surface area contributed by atoms with Crippen LogP contribution in [0.3, 0.4) is 0 Å². The Balaban J connectivity index is 1.67. The van der Waals surface area contributed by atoms with Crippen LogP contribution in [0.4, 0.5) is 0 Å². The molecule has 2 aliphatic carbocycles. The molecule has 0 aliphatic heterocycles. The van der Waals surface area contributed by atoms with E-state index in [-0.39, 0.29) is 0 Å². The summed E-state index contributed by atoms with van der Waals surface area (Å²) in [6.45, 7) is 18.8. The van der Waals surface area contributed by atoms with E-state index < -0.39 is 15.1 Å². The van der Waals surface area contributed by atoms with Gasteiger partial charge in [0, 0.05) is 0 Å². The van der Waals surface area contributed by atoms with Crippen LogP contribution >= 0.6 is 0 Å². The summed E-state index contributed by atoms with van der Waals surface area (Å²) in [6.07, 6.45) is 10.2. The Labute approximate surface area is 273 Å². The Morgan fingerprint density at radius 1 is 0.543 bits per heavy atom. The second-order valence-electron chi connectivity index (χ2n) is 18.9. The fourth-order valence-electron chi connectivity index (χ4n) is 12.1. The van der Waals surface area contributed by atoms with Crippen molar-refractivity contribution < 1.29 is 15.1 Å². The van der Waals surface area contributed by atoms with Crippen molar-refractivity contribution in [3.63, 3.8) is 0 Å². The fourth-order valence-corrected chi connectivity index (χ4v) is 64.0. The van der Waals surface area contributed by atoms with Crippen molar-refractivity contribution in [1.82, 2.24) is 0 Å². The number of hydrogen-bond acceptors (Lipinski definition) is 0. The maximum atomic E-state index is 5.97. The van der Waals surface area contributed by atoms with Crippen LogP contribution in [-0.2, 0) is 15.1 Å². The molecule has 0 spiro atoms. The van der Waals surface area contributed by atoms with Gasteiger partial charge >= 0.3 is 275 Å². The van der Waals surface area contributed by atoms with Crippen molar-refractivity contribution >= 4 is 16.4 Å². The molecule has 0 amide bonds. The molecular weight excluding hydrogens is 719 g/mol. The maximum absolute atomic E-state index is 5.97. The van der Waals surface area contributed by atoms with Gasteiger partial charge in [-0.25, -0.2) is 0 Å². The zero-order valence-electron chi connectivity index (χ0n) is 30.2. The molecule has 0 aromatic heterocycles. The summed E-state index contributed by atoms with van der Waals surface area (Å²) in [5.41, 5.74) is 16.7. The normalized spacial score (nSPS) is 19.5. The van der Waals surface area contributed by atoms with Gasteiger partial charge in [-0.1, -0.05) is 0 Å². The molecule has 4 aromatic rings. The van der Waals surface area contributed by atoms with Gasteiger partial charge in [0.1, 0.15) is 0 Å². The van der Waals surface area contributed by atoms with E-state index >= 15 is 0 Å². The molecule has 0 N–H and O–H groups in total. The van der Waals surface area contributed by atoms with Crippen LogP contribution in [0.25, 0.3) is 34.4 Å². The van der Waals surface area contributed by atoms with Crippen LogP contribution in [0.5, 0.6) is 0 Å². The van der Waals surface area contributed by atoms with Crippen LogP contribution in [0.15, 0.2) is 84.9 Å². The first kappa shape index (κ1) is 33.0. The number of rotatable bonds is 8.